The van der Waals surface area contributed by atoms with Crippen LogP contribution in [0.2, 0.25) is 5.02 Å². The molecule has 1 amide bonds. The number of phosphoric acid groups is 1. The largest absolute Gasteiger partial charge is 0.471 e. The van der Waals surface area contributed by atoms with Gasteiger partial charge in [-0.1, -0.05) is 17.7 Å². The molecule has 1 heterocycles. The number of hydrogen-bond acceptors (Lipinski definition) is 5. The van der Waals surface area contributed by atoms with E-state index in [-0.39, 0.29) is 10.3 Å². The van der Waals surface area contributed by atoms with Crippen LogP contribution in [0.4, 0.5) is 5.69 Å². The molecule has 0 aliphatic rings. The van der Waals surface area contributed by atoms with Crippen molar-refractivity contribution < 1.29 is 23.7 Å². The van der Waals surface area contributed by atoms with E-state index >= 15 is 0 Å². The average Bonchev–Trinajstić information content (AvgIpc) is 2.80. The van der Waals surface area contributed by atoms with Gasteiger partial charge in [0.2, 0.25) is 0 Å². The third-order valence-corrected chi connectivity index (χ3v) is 3.84. The number of nitrogens with one attached hydrogen (secondary N) is 1. The van der Waals surface area contributed by atoms with E-state index in [2.05, 4.69) is 36.0 Å². The Labute approximate surface area is 144 Å². The first-order valence-electron chi connectivity index (χ1n) is 6.04. The normalized spacial score (nSPS) is 11.5. The quantitative estimate of drug-likeness (QED) is 0.627. The van der Waals surface area contributed by atoms with Crippen LogP contribution in [0.1, 0.15) is 16.1 Å². The summed E-state index contributed by atoms with van der Waals surface area (Å²) >= 11 is 9.08. The van der Waals surface area contributed by atoms with Crippen LogP contribution in [0.25, 0.3) is 0 Å². The first-order valence-corrected chi connectivity index (χ1v) is 8.74. The van der Waals surface area contributed by atoms with Gasteiger partial charge in [0, 0.05) is 0 Å². The van der Waals surface area contributed by atoms with E-state index in [1.165, 1.54) is 0 Å². The Morgan fingerprint density at radius 3 is 2.78 bits per heavy atom. The molecule has 2 aromatic rings. The first-order chi connectivity index (χ1) is 10.7. The lowest BCUT2D eigenvalue weighted by molar-refractivity contribution is 0.101. The molecule has 1 aromatic heterocycles. The molecule has 0 saturated carbocycles. The van der Waals surface area contributed by atoms with Crippen molar-refractivity contribution in [3.63, 3.8) is 0 Å². The van der Waals surface area contributed by atoms with E-state index in [0.29, 0.717) is 10.7 Å². The van der Waals surface area contributed by atoms with Gasteiger partial charge in [-0.05, 0) is 40.5 Å². The molecule has 0 unspecified atom stereocenters. The molecule has 0 saturated heterocycles. The molecule has 0 radical (unpaired) electrons. The highest BCUT2D eigenvalue weighted by atomic mass is 79.9. The van der Waals surface area contributed by atoms with Gasteiger partial charge in [-0.15, -0.1) is 10.2 Å². The van der Waals surface area contributed by atoms with E-state index in [4.69, 9.17) is 21.4 Å². The van der Waals surface area contributed by atoms with Gasteiger partial charge in [0.05, 0.1) is 10.7 Å². The second-order valence-electron chi connectivity index (χ2n) is 4.40. The van der Waals surface area contributed by atoms with Crippen LogP contribution in [0.3, 0.4) is 0 Å². The van der Waals surface area contributed by atoms with Crippen LogP contribution < -0.4 is 5.32 Å². The highest BCUT2D eigenvalue weighted by molar-refractivity contribution is 9.10. The molecule has 2 rings (SSSR count). The number of carbonyl (C=O) groups excluding carboxylic acids is 1. The summed E-state index contributed by atoms with van der Waals surface area (Å²) in [6.07, 6.45) is 0. The molecule has 0 atom stereocenters. The van der Waals surface area contributed by atoms with Crippen LogP contribution in [-0.4, -0.2) is 30.7 Å². The van der Waals surface area contributed by atoms with Gasteiger partial charge in [0.15, 0.2) is 17.0 Å². The SMILES string of the molecule is Cc1ccc(NC(=O)c2nn(COP(=O)(O)O)nc2Br)c(Cl)c1. The number of aromatic nitrogens is 3. The van der Waals surface area contributed by atoms with Crippen LogP contribution in [0.15, 0.2) is 22.8 Å². The summed E-state index contributed by atoms with van der Waals surface area (Å²) in [5.74, 6) is -0.593. The third kappa shape index (κ3) is 5.10. The summed E-state index contributed by atoms with van der Waals surface area (Å²) in [4.78, 5) is 30.3. The minimum Gasteiger partial charge on any atom is -0.319 e. The lowest BCUT2D eigenvalue weighted by Gasteiger charge is -2.06. The van der Waals surface area contributed by atoms with Crippen molar-refractivity contribution >= 4 is 46.9 Å². The summed E-state index contributed by atoms with van der Waals surface area (Å²) in [5.41, 5.74) is 1.25. The van der Waals surface area contributed by atoms with Gasteiger partial charge < -0.3 is 15.1 Å². The fourth-order valence-electron chi connectivity index (χ4n) is 1.55. The maximum atomic E-state index is 12.2. The van der Waals surface area contributed by atoms with Crippen LogP contribution in [0, 0.1) is 6.92 Å². The van der Waals surface area contributed by atoms with Crippen LogP contribution >= 0.6 is 35.4 Å². The fourth-order valence-corrected chi connectivity index (χ4v) is 2.53. The van der Waals surface area contributed by atoms with Crippen molar-refractivity contribution in [1.82, 2.24) is 15.0 Å². The highest BCUT2D eigenvalue weighted by Gasteiger charge is 2.20. The molecule has 12 heteroatoms. The van der Waals surface area contributed by atoms with Crippen LogP contribution in [0.5, 0.6) is 0 Å². The second kappa shape index (κ2) is 7.08. The van der Waals surface area contributed by atoms with Gasteiger partial charge in [-0.3, -0.25) is 9.32 Å². The highest BCUT2D eigenvalue weighted by Crippen LogP contribution is 2.36. The van der Waals surface area contributed by atoms with Crippen molar-refractivity contribution in [2.75, 3.05) is 5.32 Å². The molecule has 0 spiro atoms. The van der Waals surface area contributed by atoms with Gasteiger partial charge in [0.1, 0.15) is 0 Å². The number of phosphoric ester groups is 1. The minimum absolute atomic E-state index is 0.0871. The van der Waals surface area contributed by atoms with Gasteiger partial charge in [-0.2, -0.15) is 4.80 Å². The second-order valence-corrected chi connectivity index (χ2v) is 6.80. The lowest BCUT2D eigenvalue weighted by Crippen LogP contribution is -2.14. The van der Waals surface area contributed by atoms with Gasteiger partial charge >= 0.3 is 7.82 Å². The van der Waals surface area contributed by atoms with E-state index < -0.39 is 20.5 Å². The zero-order valence-corrected chi connectivity index (χ0v) is 14.8. The minimum atomic E-state index is -4.66. The van der Waals surface area contributed by atoms with E-state index in [9.17, 15) is 9.36 Å². The van der Waals surface area contributed by atoms with Gasteiger partial charge in [0.25, 0.3) is 5.91 Å². The Balaban J connectivity index is 2.13. The molecule has 0 aliphatic carbocycles. The Morgan fingerprint density at radius 1 is 1.48 bits per heavy atom. The standard InChI is InChI=1S/C11H11BrClN4O5P/c1-6-2-3-8(7(13)4-6)14-11(18)9-10(12)16-17(15-9)5-22-23(19,20)21/h2-4H,5H2,1H3,(H,14,18)(H2,19,20,21). The maximum absolute atomic E-state index is 12.2. The van der Waals surface area contributed by atoms with Crippen molar-refractivity contribution in [3.8, 4) is 0 Å². The molecule has 0 fully saturated rings. The number of halogens is 2. The number of anilines is 1. The van der Waals surface area contributed by atoms with Crippen molar-refractivity contribution in [1.29, 1.82) is 0 Å². The number of nitrogens with zero attached hydrogens (tertiary/aromatic N) is 3. The molecular formula is C11H11BrClN4O5P. The predicted molar refractivity (Wildman–Crippen MR) is 85.0 cm³/mol. The summed E-state index contributed by atoms with van der Waals surface area (Å²) < 4.78 is 15.0. The first kappa shape index (κ1) is 18.1. The Kier molecular flexibility index (Phi) is 5.56. The summed E-state index contributed by atoms with van der Waals surface area (Å²) in [7, 11) is -4.66. The number of carbonyl (C=O) groups is 1. The Hall–Kier alpha value is -1.29. The smallest absolute Gasteiger partial charge is 0.319 e. The predicted octanol–water partition coefficient (Wildman–Crippen LogP) is 2.32. The average molecular weight is 426 g/mol. The number of aryl methyl sites for hydroxylation is 1. The lowest BCUT2D eigenvalue weighted by atomic mass is 10.2. The van der Waals surface area contributed by atoms with E-state index in [0.717, 1.165) is 10.4 Å². The topological polar surface area (TPSA) is 127 Å². The zero-order chi connectivity index (χ0) is 17.2. The molecule has 23 heavy (non-hydrogen) atoms. The molecular weight excluding hydrogens is 414 g/mol. The summed E-state index contributed by atoms with van der Waals surface area (Å²) in [5, 5.41) is 10.5. The van der Waals surface area contributed by atoms with E-state index in [1.807, 2.05) is 6.92 Å². The Bertz CT molecular complexity index is 793. The molecule has 0 bridgehead atoms. The van der Waals surface area contributed by atoms with Crippen molar-refractivity contribution in [2.45, 2.75) is 13.7 Å². The fraction of sp³-hybridized carbons (Fsp3) is 0.182. The van der Waals surface area contributed by atoms with E-state index in [1.54, 1.807) is 18.2 Å². The third-order valence-electron chi connectivity index (χ3n) is 2.54. The molecule has 0 aliphatic heterocycles. The monoisotopic (exact) mass is 424 g/mol. The zero-order valence-electron chi connectivity index (χ0n) is 11.6. The number of hydrogen-bond donors (Lipinski definition) is 3. The van der Waals surface area contributed by atoms with Crippen molar-refractivity contribution in [3.05, 3.63) is 39.1 Å². The van der Waals surface area contributed by atoms with Crippen LogP contribution in [-0.2, 0) is 15.8 Å². The maximum Gasteiger partial charge on any atom is 0.471 e. The number of amides is 1. The molecule has 9 nitrogen and oxygen atoms in total. The Morgan fingerprint density at radius 2 is 2.17 bits per heavy atom. The number of benzene rings is 1. The van der Waals surface area contributed by atoms with Crippen molar-refractivity contribution in [2.24, 2.45) is 0 Å². The van der Waals surface area contributed by atoms with Gasteiger partial charge in [-0.25, -0.2) is 4.57 Å². The molecule has 1 aromatic carbocycles. The molecule has 3 N–H and O–H groups in total. The number of rotatable bonds is 5. The summed E-state index contributed by atoms with van der Waals surface area (Å²) in [6, 6.07) is 5.11. The summed E-state index contributed by atoms with van der Waals surface area (Å²) in [6.45, 7) is 1.25. The molecule has 124 valence electrons.